The van der Waals surface area contributed by atoms with E-state index in [0.717, 1.165) is 5.56 Å². The number of hydrogen-bond acceptors (Lipinski definition) is 3. The van der Waals surface area contributed by atoms with Crippen LogP contribution in [-0.4, -0.2) is 23.4 Å². The first kappa shape index (κ1) is 13.2. The average Bonchev–Trinajstić information content (AvgIpc) is 2.28. The number of nitrogens with zero attached hydrogens (tertiary/aromatic N) is 2. The van der Waals surface area contributed by atoms with Gasteiger partial charge in [0.1, 0.15) is 0 Å². The molecule has 0 aromatic heterocycles. The highest BCUT2D eigenvalue weighted by molar-refractivity contribution is 5.75. The molecule has 17 heavy (non-hydrogen) atoms. The van der Waals surface area contributed by atoms with Crippen LogP contribution in [0.15, 0.2) is 24.3 Å². The molecule has 2 N–H and O–H groups in total. The van der Waals surface area contributed by atoms with Crippen LogP contribution in [0, 0.1) is 11.3 Å². The maximum absolute atomic E-state index is 10.9. The fourth-order valence-corrected chi connectivity index (χ4v) is 1.54. The smallest absolute Gasteiger partial charge is 0.231 e. The Kier molecular flexibility index (Phi) is 4.68. The monoisotopic (exact) mass is 231 g/mol. The first-order valence-corrected chi connectivity index (χ1v) is 5.54. The van der Waals surface area contributed by atoms with Crippen LogP contribution in [0.5, 0.6) is 0 Å². The van der Waals surface area contributed by atoms with Crippen LogP contribution in [0.25, 0.3) is 0 Å². The summed E-state index contributed by atoms with van der Waals surface area (Å²) in [7, 11) is 0. The molecule has 0 heterocycles. The van der Waals surface area contributed by atoms with Gasteiger partial charge in [-0.05, 0) is 31.5 Å². The first-order chi connectivity index (χ1) is 8.02. The Labute approximate surface area is 102 Å². The third-order valence-corrected chi connectivity index (χ3v) is 2.56. The van der Waals surface area contributed by atoms with Crippen LogP contribution >= 0.6 is 0 Å². The van der Waals surface area contributed by atoms with E-state index >= 15 is 0 Å². The van der Waals surface area contributed by atoms with Gasteiger partial charge in [-0.25, -0.2) is 0 Å². The van der Waals surface area contributed by atoms with Crippen molar-refractivity contribution in [1.29, 1.82) is 5.26 Å². The molecule has 0 saturated carbocycles. The number of hydrogen-bond donors (Lipinski definition) is 1. The van der Waals surface area contributed by atoms with Crippen molar-refractivity contribution in [2.45, 2.75) is 26.4 Å². The molecule has 1 aromatic rings. The van der Waals surface area contributed by atoms with Gasteiger partial charge >= 0.3 is 0 Å². The van der Waals surface area contributed by atoms with E-state index in [4.69, 9.17) is 11.0 Å². The normalized spacial score (nSPS) is 10.5. The lowest BCUT2D eigenvalue weighted by atomic mass is 10.1. The molecule has 90 valence electrons. The van der Waals surface area contributed by atoms with Gasteiger partial charge in [0.2, 0.25) is 5.91 Å². The standard InChI is InChI=1S/C13H17N3O/c1-10(2)16(9-13(15)17)8-12-5-3-11(7-14)4-6-12/h3-6,10H,8-9H2,1-2H3,(H2,15,17). The number of benzene rings is 1. The van der Waals surface area contributed by atoms with Crippen LogP contribution in [0.3, 0.4) is 0 Å². The lowest BCUT2D eigenvalue weighted by Gasteiger charge is -2.24. The third kappa shape index (κ3) is 4.25. The van der Waals surface area contributed by atoms with Crippen LogP contribution < -0.4 is 5.73 Å². The third-order valence-electron chi connectivity index (χ3n) is 2.56. The van der Waals surface area contributed by atoms with E-state index in [0.29, 0.717) is 12.1 Å². The van der Waals surface area contributed by atoms with Crippen molar-refractivity contribution >= 4 is 5.91 Å². The molecule has 0 unspecified atom stereocenters. The van der Waals surface area contributed by atoms with Crippen molar-refractivity contribution < 1.29 is 4.79 Å². The molecular formula is C13H17N3O. The summed E-state index contributed by atoms with van der Waals surface area (Å²) >= 11 is 0. The van der Waals surface area contributed by atoms with Crippen molar-refractivity contribution in [1.82, 2.24) is 4.90 Å². The number of primary amides is 1. The van der Waals surface area contributed by atoms with Crippen LogP contribution in [0.2, 0.25) is 0 Å². The summed E-state index contributed by atoms with van der Waals surface area (Å²) in [5.41, 5.74) is 6.91. The van der Waals surface area contributed by atoms with Gasteiger partial charge in [0, 0.05) is 12.6 Å². The molecule has 1 amide bonds. The average molecular weight is 231 g/mol. The van der Waals surface area contributed by atoms with Crippen molar-refractivity contribution in [2.75, 3.05) is 6.54 Å². The van der Waals surface area contributed by atoms with Gasteiger partial charge in [0.15, 0.2) is 0 Å². The number of nitriles is 1. The number of carbonyl (C=O) groups is 1. The Hall–Kier alpha value is -1.86. The van der Waals surface area contributed by atoms with Crippen LogP contribution in [0.4, 0.5) is 0 Å². The van der Waals surface area contributed by atoms with Crippen LogP contribution in [-0.2, 0) is 11.3 Å². The van der Waals surface area contributed by atoms with Crippen LogP contribution in [0.1, 0.15) is 25.0 Å². The van der Waals surface area contributed by atoms with Gasteiger partial charge in [0.05, 0.1) is 18.2 Å². The Bertz CT molecular complexity index is 417. The quantitative estimate of drug-likeness (QED) is 0.829. The zero-order chi connectivity index (χ0) is 12.8. The molecule has 0 aliphatic heterocycles. The largest absolute Gasteiger partial charge is 0.369 e. The van der Waals surface area contributed by atoms with E-state index in [1.54, 1.807) is 12.1 Å². The second kappa shape index (κ2) is 6.02. The molecule has 0 saturated heterocycles. The molecule has 0 radical (unpaired) electrons. The molecule has 0 fully saturated rings. The lowest BCUT2D eigenvalue weighted by molar-refractivity contribution is -0.119. The van der Waals surface area contributed by atoms with Gasteiger partial charge in [-0.2, -0.15) is 5.26 Å². The minimum atomic E-state index is -0.327. The predicted octanol–water partition coefficient (Wildman–Crippen LogP) is 1.25. The molecule has 0 aliphatic carbocycles. The van der Waals surface area contributed by atoms with Gasteiger partial charge in [-0.15, -0.1) is 0 Å². The number of amides is 1. The molecule has 0 aliphatic rings. The van der Waals surface area contributed by atoms with Crippen molar-refractivity contribution in [2.24, 2.45) is 5.73 Å². The molecule has 0 atom stereocenters. The highest BCUT2D eigenvalue weighted by Gasteiger charge is 2.12. The summed E-state index contributed by atoms with van der Waals surface area (Å²) in [5, 5.41) is 8.70. The maximum atomic E-state index is 10.9. The summed E-state index contributed by atoms with van der Waals surface area (Å²) in [6.07, 6.45) is 0. The number of nitrogens with two attached hydrogens (primary N) is 1. The number of carbonyl (C=O) groups excluding carboxylic acids is 1. The molecule has 1 aromatic carbocycles. The summed E-state index contributed by atoms with van der Waals surface area (Å²) in [6.45, 7) is 4.95. The summed E-state index contributed by atoms with van der Waals surface area (Å²) in [5.74, 6) is -0.327. The Morgan fingerprint density at radius 2 is 2.00 bits per heavy atom. The topological polar surface area (TPSA) is 70.1 Å². The van der Waals surface area contributed by atoms with E-state index in [9.17, 15) is 4.79 Å². The Morgan fingerprint density at radius 3 is 2.41 bits per heavy atom. The fraction of sp³-hybridized carbons (Fsp3) is 0.385. The van der Waals surface area contributed by atoms with E-state index in [1.807, 2.05) is 30.9 Å². The lowest BCUT2D eigenvalue weighted by Crippen LogP contribution is -2.37. The van der Waals surface area contributed by atoms with E-state index in [-0.39, 0.29) is 18.5 Å². The highest BCUT2D eigenvalue weighted by atomic mass is 16.1. The van der Waals surface area contributed by atoms with Gasteiger partial charge in [-0.3, -0.25) is 9.69 Å². The second-order valence-corrected chi connectivity index (χ2v) is 4.27. The van der Waals surface area contributed by atoms with E-state index in [2.05, 4.69) is 6.07 Å². The summed E-state index contributed by atoms with van der Waals surface area (Å²) in [4.78, 5) is 12.9. The highest BCUT2D eigenvalue weighted by Crippen LogP contribution is 2.09. The molecule has 4 heteroatoms. The minimum absolute atomic E-state index is 0.248. The zero-order valence-electron chi connectivity index (χ0n) is 10.2. The molecular weight excluding hydrogens is 214 g/mol. The zero-order valence-corrected chi connectivity index (χ0v) is 10.2. The van der Waals surface area contributed by atoms with Crippen molar-refractivity contribution in [3.8, 4) is 6.07 Å². The Balaban J connectivity index is 2.72. The molecule has 0 spiro atoms. The van der Waals surface area contributed by atoms with Gasteiger partial charge < -0.3 is 5.73 Å². The van der Waals surface area contributed by atoms with E-state index in [1.165, 1.54) is 0 Å². The molecule has 4 nitrogen and oxygen atoms in total. The Morgan fingerprint density at radius 1 is 1.41 bits per heavy atom. The summed E-state index contributed by atoms with van der Waals surface area (Å²) < 4.78 is 0. The predicted molar refractivity (Wildman–Crippen MR) is 65.9 cm³/mol. The fourth-order valence-electron chi connectivity index (χ4n) is 1.54. The first-order valence-electron chi connectivity index (χ1n) is 5.54. The molecule has 0 bridgehead atoms. The number of rotatable bonds is 5. The van der Waals surface area contributed by atoms with E-state index < -0.39 is 0 Å². The second-order valence-electron chi connectivity index (χ2n) is 4.27. The maximum Gasteiger partial charge on any atom is 0.231 e. The SMILES string of the molecule is CC(C)N(CC(N)=O)Cc1ccc(C#N)cc1. The summed E-state index contributed by atoms with van der Waals surface area (Å²) in [6, 6.07) is 9.67. The van der Waals surface area contributed by atoms with Gasteiger partial charge in [0.25, 0.3) is 0 Å². The van der Waals surface area contributed by atoms with Gasteiger partial charge in [-0.1, -0.05) is 12.1 Å². The minimum Gasteiger partial charge on any atom is -0.369 e. The molecule has 1 rings (SSSR count). The van der Waals surface area contributed by atoms with Crippen molar-refractivity contribution in [3.05, 3.63) is 35.4 Å². The van der Waals surface area contributed by atoms with Crippen molar-refractivity contribution in [3.63, 3.8) is 0 Å².